The van der Waals surface area contributed by atoms with Gasteiger partial charge in [-0.3, -0.25) is 4.79 Å². The highest BCUT2D eigenvalue weighted by Gasteiger charge is 2.16. The van der Waals surface area contributed by atoms with Crippen LogP contribution in [0.4, 0.5) is 0 Å². The quantitative estimate of drug-likeness (QED) is 0.684. The van der Waals surface area contributed by atoms with Crippen LogP contribution in [0.3, 0.4) is 0 Å². The molecule has 3 aromatic rings. The van der Waals surface area contributed by atoms with Gasteiger partial charge in [0, 0.05) is 36.9 Å². The van der Waals surface area contributed by atoms with Gasteiger partial charge in [0.15, 0.2) is 0 Å². The summed E-state index contributed by atoms with van der Waals surface area (Å²) in [6.45, 7) is 5.12. The first-order chi connectivity index (χ1) is 11.6. The van der Waals surface area contributed by atoms with Crippen molar-refractivity contribution in [3.05, 3.63) is 58.3 Å². The highest BCUT2D eigenvalue weighted by atomic mass is 32.1. The Morgan fingerprint density at radius 2 is 2.29 bits per heavy atom. The third kappa shape index (κ3) is 3.49. The summed E-state index contributed by atoms with van der Waals surface area (Å²) in [6.07, 6.45) is 3.79. The second kappa shape index (κ2) is 7.15. The average Bonchev–Trinajstić information content (AvgIpc) is 3.20. The first-order valence-corrected chi connectivity index (χ1v) is 8.84. The molecule has 0 aliphatic carbocycles. The number of hydrogen-bond donors (Lipinski definition) is 0. The summed E-state index contributed by atoms with van der Waals surface area (Å²) < 4.78 is 7.51. The number of ether oxygens (including phenoxy) is 1. The maximum absolute atomic E-state index is 12.6. The molecular formula is C18H21N3O2S. The van der Waals surface area contributed by atoms with Gasteiger partial charge in [-0.15, -0.1) is 11.3 Å². The molecule has 1 amide bonds. The minimum atomic E-state index is -0.00823. The number of pyridine rings is 1. The largest absolute Gasteiger partial charge is 0.372 e. The smallest absolute Gasteiger partial charge is 0.255 e. The Bertz CT molecular complexity index is 807. The van der Waals surface area contributed by atoms with Crippen LogP contribution < -0.4 is 0 Å². The highest BCUT2D eigenvalue weighted by Crippen LogP contribution is 2.22. The number of amides is 1. The van der Waals surface area contributed by atoms with Crippen LogP contribution in [0.25, 0.3) is 5.52 Å². The Morgan fingerprint density at radius 1 is 1.46 bits per heavy atom. The maximum atomic E-state index is 12.6. The van der Waals surface area contributed by atoms with E-state index in [9.17, 15) is 4.79 Å². The molecule has 0 aliphatic rings. The van der Waals surface area contributed by atoms with E-state index in [-0.39, 0.29) is 12.0 Å². The number of nitrogens with zero attached hydrogens (tertiary/aromatic N) is 3. The lowest BCUT2D eigenvalue weighted by Crippen LogP contribution is -2.26. The van der Waals surface area contributed by atoms with Crippen molar-refractivity contribution in [2.24, 2.45) is 0 Å². The monoisotopic (exact) mass is 343 g/mol. The molecule has 0 N–H and O–H groups in total. The topological polar surface area (TPSA) is 46.8 Å². The van der Waals surface area contributed by atoms with Crippen molar-refractivity contribution in [1.82, 2.24) is 14.3 Å². The van der Waals surface area contributed by atoms with Gasteiger partial charge in [0.05, 0.1) is 17.8 Å². The molecule has 1 atom stereocenters. The molecule has 6 heteroatoms. The molecule has 3 aromatic heterocycles. The number of thiazole rings is 1. The lowest BCUT2D eigenvalue weighted by atomic mass is 10.2. The van der Waals surface area contributed by atoms with Crippen LogP contribution >= 0.6 is 11.3 Å². The molecule has 0 spiro atoms. The van der Waals surface area contributed by atoms with Crippen molar-refractivity contribution in [2.75, 3.05) is 13.7 Å². The first-order valence-electron chi connectivity index (χ1n) is 7.96. The van der Waals surface area contributed by atoms with Crippen molar-refractivity contribution in [3.63, 3.8) is 0 Å². The van der Waals surface area contributed by atoms with Gasteiger partial charge in [-0.05, 0) is 32.0 Å². The maximum Gasteiger partial charge on any atom is 0.255 e. The molecule has 24 heavy (non-hydrogen) atoms. The molecule has 126 valence electrons. The number of aromatic nitrogens is 2. The van der Waals surface area contributed by atoms with Crippen LogP contribution in [0, 0.1) is 0 Å². The zero-order valence-electron chi connectivity index (χ0n) is 14.1. The number of rotatable bonds is 6. The highest BCUT2D eigenvalue weighted by molar-refractivity contribution is 7.09. The van der Waals surface area contributed by atoms with Gasteiger partial charge in [0.2, 0.25) is 0 Å². The molecule has 0 saturated heterocycles. The normalized spacial score (nSPS) is 12.5. The molecule has 0 bridgehead atoms. The predicted octanol–water partition coefficient (Wildman–Crippen LogP) is 3.77. The van der Waals surface area contributed by atoms with Crippen LogP contribution in [0.2, 0.25) is 0 Å². The summed E-state index contributed by atoms with van der Waals surface area (Å²) in [7, 11) is 1.80. The van der Waals surface area contributed by atoms with Crippen molar-refractivity contribution >= 4 is 22.8 Å². The van der Waals surface area contributed by atoms with Crippen LogP contribution in [0.1, 0.15) is 41.0 Å². The fourth-order valence-corrected chi connectivity index (χ4v) is 3.42. The van der Waals surface area contributed by atoms with Crippen molar-refractivity contribution in [3.8, 4) is 0 Å². The van der Waals surface area contributed by atoms with E-state index < -0.39 is 0 Å². The predicted molar refractivity (Wildman–Crippen MR) is 95.3 cm³/mol. The molecule has 1 unspecified atom stereocenters. The zero-order valence-corrected chi connectivity index (χ0v) is 14.9. The summed E-state index contributed by atoms with van der Waals surface area (Å²) in [5.41, 5.74) is 2.58. The molecular weight excluding hydrogens is 322 g/mol. The molecule has 0 aliphatic heterocycles. The van der Waals surface area contributed by atoms with Gasteiger partial charge in [0.1, 0.15) is 11.1 Å². The van der Waals surface area contributed by atoms with Gasteiger partial charge < -0.3 is 14.0 Å². The number of fused-ring (bicyclic) bond motifs is 1. The standard InChI is InChI=1S/C18H21N3O2S/c1-4-23-13(2)17-19-15(12-24-17)11-20(3)18(22)14-9-16-7-5-6-8-21(16)10-14/h5-10,12-13H,4,11H2,1-3H3. The number of carbonyl (C=O) groups is 1. The van der Waals surface area contributed by atoms with Crippen molar-refractivity contribution in [1.29, 1.82) is 0 Å². The fraction of sp³-hybridized carbons (Fsp3) is 0.333. The zero-order chi connectivity index (χ0) is 17.1. The second-order valence-corrected chi connectivity index (χ2v) is 6.59. The van der Waals surface area contributed by atoms with Gasteiger partial charge in [-0.2, -0.15) is 0 Å². The Labute approximate surface area is 145 Å². The Morgan fingerprint density at radius 3 is 3.04 bits per heavy atom. The van der Waals surface area contributed by atoms with E-state index in [2.05, 4.69) is 4.98 Å². The molecule has 0 radical (unpaired) electrons. The second-order valence-electron chi connectivity index (χ2n) is 5.70. The van der Waals surface area contributed by atoms with E-state index in [1.807, 2.05) is 60.3 Å². The lowest BCUT2D eigenvalue weighted by molar-refractivity contribution is 0.0756. The molecule has 0 saturated carbocycles. The van der Waals surface area contributed by atoms with Gasteiger partial charge in [-0.1, -0.05) is 6.07 Å². The first kappa shape index (κ1) is 16.7. The van der Waals surface area contributed by atoms with Crippen LogP contribution in [0.5, 0.6) is 0 Å². The third-order valence-corrected chi connectivity index (χ3v) is 4.89. The fourth-order valence-electron chi connectivity index (χ4n) is 2.61. The average molecular weight is 343 g/mol. The SMILES string of the molecule is CCOC(C)c1nc(CN(C)C(=O)c2cc3ccccn3c2)cs1. The van der Waals surface area contributed by atoms with Crippen LogP contribution in [0.15, 0.2) is 42.0 Å². The summed E-state index contributed by atoms with van der Waals surface area (Å²) in [4.78, 5) is 18.9. The van der Waals surface area contributed by atoms with Crippen molar-refractivity contribution in [2.45, 2.75) is 26.5 Å². The van der Waals surface area contributed by atoms with E-state index in [0.717, 1.165) is 16.2 Å². The molecule has 3 heterocycles. The molecule has 0 fully saturated rings. The van der Waals surface area contributed by atoms with E-state index in [1.165, 1.54) is 0 Å². The number of carbonyl (C=O) groups excluding carboxylic acids is 1. The Balaban J connectivity index is 1.70. The summed E-state index contributed by atoms with van der Waals surface area (Å²) in [5.74, 6) is -0.00823. The number of hydrogen-bond acceptors (Lipinski definition) is 4. The van der Waals surface area contributed by atoms with E-state index >= 15 is 0 Å². The molecule has 5 nitrogen and oxygen atoms in total. The third-order valence-electron chi connectivity index (χ3n) is 3.83. The minimum absolute atomic E-state index is 0.00784. The summed E-state index contributed by atoms with van der Waals surface area (Å²) in [5, 5.41) is 2.94. The van der Waals surface area contributed by atoms with Crippen LogP contribution in [-0.2, 0) is 11.3 Å². The van der Waals surface area contributed by atoms with Gasteiger partial charge in [0.25, 0.3) is 5.91 Å². The Hall–Kier alpha value is -2.18. The van der Waals surface area contributed by atoms with E-state index in [4.69, 9.17) is 4.74 Å². The minimum Gasteiger partial charge on any atom is -0.372 e. The van der Waals surface area contributed by atoms with Gasteiger partial charge in [-0.25, -0.2) is 4.98 Å². The van der Waals surface area contributed by atoms with Crippen LogP contribution in [-0.4, -0.2) is 33.8 Å². The van der Waals surface area contributed by atoms with E-state index in [1.54, 1.807) is 23.3 Å². The molecule has 3 rings (SSSR count). The summed E-state index contributed by atoms with van der Waals surface area (Å²) >= 11 is 1.57. The molecule has 0 aromatic carbocycles. The lowest BCUT2D eigenvalue weighted by Gasteiger charge is -2.15. The summed E-state index contributed by atoms with van der Waals surface area (Å²) in [6, 6.07) is 7.80. The Kier molecular flexibility index (Phi) is 4.97. The van der Waals surface area contributed by atoms with E-state index in [0.29, 0.717) is 18.7 Å². The van der Waals surface area contributed by atoms with Crippen molar-refractivity contribution < 1.29 is 9.53 Å². The van der Waals surface area contributed by atoms with Gasteiger partial charge >= 0.3 is 0 Å².